The summed E-state index contributed by atoms with van der Waals surface area (Å²) in [7, 11) is 0. The molecule has 1 atom stereocenters. The smallest absolute Gasteiger partial charge is 0.115 e. The first-order valence-electron chi connectivity index (χ1n) is 6.38. The van der Waals surface area contributed by atoms with Gasteiger partial charge in [-0.05, 0) is 55.0 Å². The van der Waals surface area contributed by atoms with Crippen LogP contribution < -0.4 is 5.32 Å². The molecule has 0 bridgehead atoms. The predicted octanol–water partition coefficient (Wildman–Crippen LogP) is 2.77. The lowest BCUT2D eigenvalue weighted by Gasteiger charge is -2.27. The SMILES string of the molecule is Oc1ccc2c(c1)C(CCC1CC1)NCC2. The molecule has 2 nitrogen and oxygen atoms in total. The van der Waals surface area contributed by atoms with Crippen LogP contribution in [-0.4, -0.2) is 11.7 Å². The number of rotatable bonds is 3. The van der Waals surface area contributed by atoms with Crippen molar-refractivity contribution in [2.45, 2.75) is 38.1 Å². The van der Waals surface area contributed by atoms with Gasteiger partial charge in [0.2, 0.25) is 0 Å². The summed E-state index contributed by atoms with van der Waals surface area (Å²) in [6, 6.07) is 6.30. The van der Waals surface area contributed by atoms with E-state index in [1.54, 1.807) is 0 Å². The third-order valence-electron chi connectivity index (χ3n) is 3.85. The monoisotopic (exact) mass is 217 g/mol. The van der Waals surface area contributed by atoms with Gasteiger partial charge in [0, 0.05) is 6.04 Å². The minimum atomic E-state index is 0.402. The van der Waals surface area contributed by atoms with E-state index in [0.29, 0.717) is 11.8 Å². The molecule has 0 radical (unpaired) electrons. The second-order valence-corrected chi connectivity index (χ2v) is 5.16. The lowest BCUT2D eigenvalue weighted by Crippen LogP contribution is -2.29. The first kappa shape index (κ1) is 10.2. The molecule has 0 spiro atoms. The highest BCUT2D eigenvalue weighted by Crippen LogP contribution is 2.37. The van der Waals surface area contributed by atoms with E-state index in [4.69, 9.17) is 0 Å². The average Bonchev–Trinajstić information content (AvgIpc) is 3.10. The van der Waals surface area contributed by atoms with Crippen LogP contribution in [0.3, 0.4) is 0 Å². The number of fused-ring (bicyclic) bond motifs is 1. The van der Waals surface area contributed by atoms with Crippen LogP contribution in [0.2, 0.25) is 0 Å². The second kappa shape index (κ2) is 4.10. The second-order valence-electron chi connectivity index (χ2n) is 5.16. The molecule has 1 aliphatic heterocycles. The Morgan fingerprint density at radius 3 is 2.94 bits per heavy atom. The van der Waals surface area contributed by atoms with Crippen molar-refractivity contribution in [3.8, 4) is 5.75 Å². The van der Waals surface area contributed by atoms with Crippen LogP contribution in [0.1, 0.15) is 42.9 Å². The summed E-state index contributed by atoms with van der Waals surface area (Å²) in [6.45, 7) is 1.08. The van der Waals surface area contributed by atoms with Crippen molar-refractivity contribution < 1.29 is 5.11 Å². The maximum absolute atomic E-state index is 9.57. The van der Waals surface area contributed by atoms with E-state index in [0.717, 1.165) is 18.9 Å². The Balaban J connectivity index is 1.77. The molecule has 0 amide bonds. The van der Waals surface area contributed by atoms with Gasteiger partial charge in [-0.25, -0.2) is 0 Å². The molecular formula is C14H19NO. The zero-order valence-corrected chi connectivity index (χ0v) is 9.58. The Labute approximate surface area is 96.7 Å². The van der Waals surface area contributed by atoms with Crippen LogP contribution in [0.4, 0.5) is 0 Å². The number of aromatic hydroxyl groups is 1. The highest BCUT2D eigenvalue weighted by Gasteiger charge is 2.25. The quantitative estimate of drug-likeness (QED) is 0.816. The summed E-state index contributed by atoms with van der Waals surface area (Å²) in [4.78, 5) is 0. The van der Waals surface area contributed by atoms with Crippen molar-refractivity contribution in [1.82, 2.24) is 5.32 Å². The summed E-state index contributed by atoms with van der Waals surface area (Å²) in [5, 5.41) is 13.1. The molecule has 2 heteroatoms. The molecule has 0 aromatic heterocycles. The molecule has 1 unspecified atom stereocenters. The fourth-order valence-corrected chi connectivity index (χ4v) is 2.69. The maximum Gasteiger partial charge on any atom is 0.115 e. The van der Waals surface area contributed by atoms with Crippen LogP contribution in [-0.2, 0) is 6.42 Å². The molecule has 2 aliphatic rings. The topological polar surface area (TPSA) is 32.3 Å². The summed E-state index contributed by atoms with van der Waals surface area (Å²) < 4.78 is 0. The zero-order chi connectivity index (χ0) is 11.0. The van der Waals surface area contributed by atoms with E-state index >= 15 is 0 Å². The van der Waals surface area contributed by atoms with Gasteiger partial charge in [0.05, 0.1) is 0 Å². The predicted molar refractivity (Wildman–Crippen MR) is 64.5 cm³/mol. The molecule has 86 valence electrons. The molecule has 1 heterocycles. The number of phenols is 1. The van der Waals surface area contributed by atoms with Gasteiger partial charge in [-0.3, -0.25) is 0 Å². The van der Waals surface area contributed by atoms with Crippen LogP contribution >= 0.6 is 0 Å². The fraction of sp³-hybridized carbons (Fsp3) is 0.571. The van der Waals surface area contributed by atoms with E-state index in [1.807, 2.05) is 12.1 Å². The fourth-order valence-electron chi connectivity index (χ4n) is 2.69. The Kier molecular flexibility index (Phi) is 2.60. The lowest BCUT2D eigenvalue weighted by atomic mass is 9.91. The molecule has 0 saturated heterocycles. The third-order valence-corrected chi connectivity index (χ3v) is 3.85. The van der Waals surface area contributed by atoms with E-state index in [1.165, 1.54) is 36.8 Å². The number of phenolic OH excluding ortho intramolecular Hbond substituents is 1. The Hall–Kier alpha value is -1.02. The van der Waals surface area contributed by atoms with Crippen molar-refractivity contribution >= 4 is 0 Å². The van der Waals surface area contributed by atoms with E-state index < -0.39 is 0 Å². The van der Waals surface area contributed by atoms with E-state index in [9.17, 15) is 5.11 Å². The number of hydrogen-bond acceptors (Lipinski definition) is 2. The Morgan fingerprint density at radius 1 is 1.25 bits per heavy atom. The molecular weight excluding hydrogens is 198 g/mol. The average molecular weight is 217 g/mol. The molecule has 1 fully saturated rings. The van der Waals surface area contributed by atoms with Crippen molar-refractivity contribution in [2.75, 3.05) is 6.54 Å². The minimum absolute atomic E-state index is 0.402. The number of nitrogens with one attached hydrogen (secondary N) is 1. The van der Waals surface area contributed by atoms with E-state index in [-0.39, 0.29) is 0 Å². The van der Waals surface area contributed by atoms with E-state index in [2.05, 4.69) is 11.4 Å². The van der Waals surface area contributed by atoms with Crippen LogP contribution in [0, 0.1) is 5.92 Å². The minimum Gasteiger partial charge on any atom is -0.508 e. The van der Waals surface area contributed by atoms with Gasteiger partial charge in [-0.1, -0.05) is 18.9 Å². The van der Waals surface area contributed by atoms with Gasteiger partial charge in [0.15, 0.2) is 0 Å². The van der Waals surface area contributed by atoms with Gasteiger partial charge in [0.25, 0.3) is 0 Å². The van der Waals surface area contributed by atoms with Gasteiger partial charge in [-0.15, -0.1) is 0 Å². The highest BCUT2D eigenvalue weighted by atomic mass is 16.3. The van der Waals surface area contributed by atoms with Crippen molar-refractivity contribution in [3.63, 3.8) is 0 Å². The molecule has 16 heavy (non-hydrogen) atoms. The summed E-state index contributed by atoms with van der Waals surface area (Å²) in [5.74, 6) is 1.39. The third kappa shape index (κ3) is 2.07. The molecule has 1 aromatic rings. The first-order chi connectivity index (χ1) is 7.83. The van der Waals surface area contributed by atoms with Gasteiger partial charge >= 0.3 is 0 Å². The zero-order valence-electron chi connectivity index (χ0n) is 9.58. The molecule has 1 aliphatic carbocycles. The van der Waals surface area contributed by atoms with Crippen molar-refractivity contribution in [3.05, 3.63) is 29.3 Å². The van der Waals surface area contributed by atoms with Crippen molar-refractivity contribution in [2.24, 2.45) is 5.92 Å². The summed E-state index contributed by atoms with van der Waals surface area (Å²) in [5.41, 5.74) is 2.74. The number of hydrogen-bond donors (Lipinski definition) is 2. The molecule has 1 saturated carbocycles. The molecule has 1 aromatic carbocycles. The van der Waals surface area contributed by atoms with Crippen LogP contribution in [0.15, 0.2) is 18.2 Å². The maximum atomic E-state index is 9.57. The Morgan fingerprint density at radius 2 is 2.12 bits per heavy atom. The molecule has 2 N–H and O–H groups in total. The lowest BCUT2D eigenvalue weighted by molar-refractivity contribution is 0.440. The normalized spacial score (nSPS) is 24.1. The Bertz CT molecular complexity index is 384. The highest BCUT2D eigenvalue weighted by molar-refractivity contribution is 5.38. The molecule has 3 rings (SSSR count). The van der Waals surface area contributed by atoms with Gasteiger partial charge in [-0.2, -0.15) is 0 Å². The van der Waals surface area contributed by atoms with Crippen LogP contribution in [0.25, 0.3) is 0 Å². The largest absolute Gasteiger partial charge is 0.508 e. The van der Waals surface area contributed by atoms with Gasteiger partial charge < -0.3 is 10.4 Å². The van der Waals surface area contributed by atoms with Crippen molar-refractivity contribution in [1.29, 1.82) is 0 Å². The summed E-state index contributed by atoms with van der Waals surface area (Å²) in [6.07, 6.45) is 6.52. The van der Waals surface area contributed by atoms with Crippen LogP contribution in [0.5, 0.6) is 5.75 Å². The standard InChI is InChI=1S/C14H19NO/c16-12-5-4-11-7-8-15-14(13(11)9-12)6-3-10-1-2-10/h4-5,9-10,14-16H,1-3,6-8H2. The summed E-state index contributed by atoms with van der Waals surface area (Å²) >= 11 is 0. The van der Waals surface area contributed by atoms with Gasteiger partial charge in [0.1, 0.15) is 5.75 Å². The number of benzene rings is 1. The first-order valence-corrected chi connectivity index (χ1v) is 6.38.